The van der Waals surface area contributed by atoms with Crippen LogP contribution in [0.3, 0.4) is 0 Å². The third-order valence-electron chi connectivity index (χ3n) is 4.50. The summed E-state index contributed by atoms with van der Waals surface area (Å²) in [5, 5.41) is 0. The van der Waals surface area contributed by atoms with Crippen LogP contribution in [0.2, 0.25) is 0 Å². The molecule has 2 aliphatic rings. The third kappa shape index (κ3) is 4.43. The number of rotatable bonds is 4. The fraction of sp³-hybridized carbons (Fsp3) is 1.00. The van der Waals surface area contributed by atoms with Crippen LogP contribution in [0.15, 0.2) is 0 Å². The van der Waals surface area contributed by atoms with E-state index in [1.807, 2.05) is 13.8 Å². The molecule has 0 unspecified atom stereocenters. The summed E-state index contributed by atoms with van der Waals surface area (Å²) >= 11 is 0. The molecule has 0 N–H and O–H groups in total. The largest absolute Gasteiger partial charge is 0.373 e. The lowest BCUT2D eigenvalue weighted by Crippen LogP contribution is -2.55. The van der Waals surface area contributed by atoms with Gasteiger partial charge in [0.25, 0.3) is 10.2 Å². The lowest BCUT2D eigenvalue weighted by Gasteiger charge is -2.40. The molecule has 136 valence electrons. The molecule has 0 aromatic carbocycles. The second kappa shape index (κ2) is 6.93. The topological polar surface area (TPSA) is 87.2 Å². The first-order valence-electron chi connectivity index (χ1n) is 7.85. The Bertz CT molecular complexity index is 604. The summed E-state index contributed by atoms with van der Waals surface area (Å²) in [6, 6.07) is -0.140. The quantitative estimate of drug-likeness (QED) is 0.679. The summed E-state index contributed by atoms with van der Waals surface area (Å²) in [5.74, 6) is 0. The van der Waals surface area contributed by atoms with Crippen LogP contribution in [-0.2, 0) is 25.0 Å². The van der Waals surface area contributed by atoms with Gasteiger partial charge in [-0.15, -0.1) is 0 Å². The molecule has 2 heterocycles. The Morgan fingerprint density at radius 3 is 1.87 bits per heavy atom. The summed E-state index contributed by atoms with van der Waals surface area (Å²) in [4.78, 5) is 0. The Hall–Kier alpha value is -0.260. The highest BCUT2D eigenvalue weighted by atomic mass is 32.2. The number of piperidine rings is 1. The van der Waals surface area contributed by atoms with Crippen LogP contribution in [0, 0.1) is 0 Å². The number of sulfonamides is 1. The number of nitrogens with zero attached hydrogens (tertiary/aromatic N) is 3. The van der Waals surface area contributed by atoms with Crippen molar-refractivity contribution in [3.63, 3.8) is 0 Å². The summed E-state index contributed by atoms with van der Waals surface area (Å²) in [5.41, 5.74) is 0. The Labute approximate surface area is 139 Å². The molecule has 2 fully saturated rings. The maximum Gasteiger partial charge on any atom is 0.282 e. The number of hydrogen-bond donors (Lipinski definition) is 0. The normalized spacial score (nSPS) is 30.0. The molecule has 2 saturated heterocycles. The Morgan fingerprint density at radius 2 is 1.43 bits per heavy atom. The second-order valence-electron chi connectivity index (χ2n) is 6.49. The smallest absolute Gasteiger partial charge is 0.282 e. The molecule has 0 amide bonds. The van der Waals surface area contributed by atoms with E-state index in [-0.39, 0.29) is 18.2 Å². The van der Waals surface area contributed by atoms with Gasteiger partial charge in [0, 0.05) is 39.3 Å². The first-order valence-corrected chi connectivity index (χ1v) is 11.1. The highest BCUT2D eigenvalue weighted by molar-refractivity contribution is 7.88. The van der Waals surface area contributed by atoms with Crippen molar-refractivity contribution < 1.29 is 21.6 Å². The molecule has 0 aliphatic carbocycles. The van der Waals surface area contributed by atoms with Crippen LogP contribution in [0.1, 0.15) is 26.7 Å². The van der Waals surface area contributed by atoms with Crippen LogP contribution >= 0.6 is 0 Å². The van der Waals surface area contributed by atoms with Gasteiger partial charge in [-0.25, -0.2) is 12.7 Å². The summed E-state index contributed by atoms with van der Waals surface area (Å²) in [7, 11) is -5.22. The van der Waals surface area contributed by atoms with Crippen molar-refractivity contribution >= 4 is 20.2 Å². The highest BCUT2D eigenvalue weighted by Crippen LogP contribution is 2.23. The van der Waals surface area contributed by atoms with Crippen LogP contribution in [0.25, 0.3) is 0 Å². The van der Waals surface area contributed by atoms with Gasteiger partial charge in [-0.3, -0.25) is 0 Å². The summed E-state index contributed by atoms with van der Waals surface area (Å²) in [6.07, 6.45) is 1.95. The molecule has 8 nitrogen and oxygen atoms in total. The minimum absolute atomic E-state index is 0.123. The molecule has 2 rings (SSSR count). The zero-order chi connectivity index (χ0) is 17.4. The minimum atomic E-state index is -3.52. The maximum absolute atomic E-state index is 12.8. The molecule has 0 bridgehead atoms. The van der Waals surface area contributed by atoms with Crippen molar-refractivity contribution in [2.75, 3.05) is 39.5 Å². The number of morpholine rings is 1. The van der Waals surface area contributed by atoms with Gasteiger partial charge in [-0.05, 0) is 26.7 Å². The lowest BCUT2D eigenvalue weighted by molar-refractivity contribution is -0.0456. The molecule has 10 heteroatoms. The fourth-order valence-corrected chi connectivity index (χ4v) is 5.74. The molecule has 0 aromatic rings. The van der Waals surface area contributed by atoms with Gasteiger partial charge in [0.1, 0.15) is 0 Å². The summed E-state index contributed by atoms with van der Waals surface area (Å²) < 4.78 is 58.6. The van der Waals surface area contributed by atoms with Gasteiger partial charge in [-0.1, -0.05) is 0 Å². The van der Waals surface area contributed by atoms with Crippen molar-refractivity contribution in [1.29, 1.82) is 0 Å². The SMILES string of the molecule is C[C@@H]1CN(S(=O)(=O)N2CCC(N(C)S(C)(=O)=O)CC2)C[C@@H](C)O1. The fourth-order valence-electron chi connectivity index (χ4n) is 3.19. The van der Waals surface area contributed by atoms with E-state index in [0.717, 1.165) is 0 Å². The van der Waals surface area contributed by atoms with Crippen LogP contribution in [0.5, 0.6) is 0 Å². The molecular formula is C13H27N3O5S2. The van der Waals surface area contributed by atoms with Gasteiger partial charge < -0.3 is 4.74 Å². The molecular weight excluding hydrogens is 342 g/mol. The van der Waals surface area contributed by atoms with Crippen molar-refractivity contribution in [3.8, 4) is 0 Å². The average molecular weight is 370 g/mol. The zero-order valence-electron chi connectivity index (χ0n) is 14.2. The second-order valence-corrected chi connectivity index (χ2v) is 10.5. The van der Waals surface area contributed by atoms with E-state index in [2.05, 4.69) is 0 Å². The van der Waals surface area contributed by atoms with Crippen molar-refractivity contribution in [2.24, 2.45) is 0 Å². The van der Waals surface area contributed by atoms with Crippen molar-refractivity contribution in [1.82, 2.24) is 12.9 Å². The molecule has 0 aromatic heterocycles. The first kappa shape index (κ1) is 19.1. The molecule has 2 aliphatic heterocycles. The Kier molecular flexibility index (Phi) is 5.74. The van der Waals surface area contributed by atoms with E-state index in [9.17, 15) is 16.8 Å². The van der Waals surface area contributed by atoms with E-state index < -0.39 is 20.2 Å². The lowest BCUT2D eigenvalue weighted by atomic mass is 10.1. The van der Waals surface area contributed by atoms with E-state index in [1.54, 1.807) is 7.05 Å². The maximum atomic E-state index is 12.8. The highest BCUT2D eigenvalue weighted by Gasteiger charge is 2.38. The van der Waals surface area contributed by atoms with Crippen LogP contribution in [0.4, 0.5) is 0 Å². The van der Waals surface area contributed by atoms with E-state index in [4.69, 9.17) is 4.74 Å². The Morgan fingerprint density at radius 1 is 0.957 bits per heavy atom. The van der Waals surface area contributed by atoms with Gasteiger partial charge >= 0.3 is 0 Å². The summed E-state index contributed by atoms with van der Waals surface area (Å²) in [6.45, 7) is 5.13. The molecule has 0 saturated carbocycles. The standard InChI is InChI=1S/C13H27N3O5S2/c1-11-9-16(10-12(2)21-11)23(19,20)15-7-5-13(6-8-15)14(3)22(4,17)18/h11-13H,5-10H2,1-4H3/t11-,12-/m1/s1. The van der Waals surface area contributed by atoms with Gasteiger partial charge in [0.05, 0.1) is 18.5 Å². The molecule has 23 heavy (non-hydrogen) atoms. The van der Waals surface area contributed by atoms with Gasteiger partial charge in [-0.2, -0.15) is 17.0 Å². The van der Waals surface area contributed by atoms with Gasteiger partial charge in [0.15, 0.2) is 0 Å². The average Bonchev–Trinajstić information content (AvgIpc) is 2.44. The predicted molar refractivity (Wildman–Crippen MR) is 87.7 cm³/mol. The van der Waals surface area contributed by atoms with E-state index in [1.165, 1.54) is 19.2 Å². The number of ether oxygens (including phenoxy) is 1. The van der Waals surface area contributed by atoms with E-state index in [0.29, 0.717) is 39.0 Å². The molecule has 2 atom stereocenters. The number of hydrogen-bond acceptors (Lipinski definition) is 5. The van der Waals surface area contributed by atoms with Gasteiger partial charge in [0.2, 0.25) is 10.0 Å². The Balaban J connectivity index is 2.01. The van der Waals surface area contributed by atoms with Crippen LogP contribution in [-0.4, -0.2) is 87.5 Å². The first-order chi connectivity index (χ1) is 10.5. The predicted octanol–water partition coefficient (Wildman–Crippen LogP) is -0.304. The van der Waals surface area contributed by atoms with Crippen molar-refractivity contribution in [2.45, 2.75) is 44.9 Å². The van der Waals surface area contributed by atoms with E-state index >= 15 is 0 Å². The monoisotopic (exact) mass is 369 g/mol. The third-order valence-corrected chi connectivity index (χ3v) is 7.81. The zero-order valence-corrected chi connectivity index (χ0v) is 15.8. The molecule has 0 spiro atoms. The van der Waals surface area contributed by atoms with Crippen LogP contribution < -0.4 is 0 Å². The molecule has 0 radical (unpaired) electrons. The minimum Gasteiger partial charge on any atom is -0.373 e. The van der Waals surface area contributed by atoms with Crippen molar-refractivity contribution in [3.05, 3.63) is 0 Å².